The van der Waals surface area contributed by atoms with Gasteiger partial charge in [-0.2, -0.15) is 0 Å². The second-order valence-electron chi connectivity index (χ2n) is 4.08. The Morgan fingerprint density at radius 3 is 2.55 bits per heavy atom. The van der Waals surface area contributed by atoms with E-state index in [1.54, 1.807) is 36.4 Å². The van der Waals surface area contributed by atoms with E-state index in [4.69, 9.17) is 16.3 Å². The molecule has 104 valence electrons. The van der Waals surface area contributed by atoms with Gasteiger partial charge >= 0.3 is 0 Å². The summed E-state index contributed by atoms with van der Waals surface area (Å²) in [7, 11) is -2.01. The van der Waals surface area contributed by atoms with E-state index in [0.717, 1.165) is 11.0 Å². The maximum atomic E-state index is 12.2. The Labute approximate surface area is 123 Å². The number of methoxy groups -OCH3 is 1. The number of halogens is 1. The number of ether oxygens (including phenoxy) is 1. The van der Waals surface area contributed by atoms with Crippen molar-refractivity contribution in [3.63, 3.8) is 0 Å². The van der Waals surface area contributed by atoms with Crippen LogP contribution in [0.4, 0.5) is 0 Å². The van der Waals surface area contributed by atoms with Gasteiger partial charge in [-0.05, 0) is 42.0 Å². The van der Waals surface area contributed by atoms with Gasteiger partial charge in [-0.3, -0.25) is 0 Å². The molecule has 0 spiro atoms. The number of benzene rings is 2. The Kier molecular flexibility index (Phi) is 4.47. The van der Waals surface area contributed by atoms with Crippen LogP contribution in [0.15, 0.2) is 58.8 Å². The minimum absolute atomic E-state index is 0.190. The fourth-order valence-corrected chi connectivity index (χ4v) is 2.88. The van der Waals surface area contributed by atoms with E-state index in [1.807, 2.05) is 0 Å². The van der Waals surface area contributed by atoms with Gasteiger partial charge < -0.3 is 4.74 Å². The van der Waals surface area contributed by atoms with Crippen LogP contribution in [0.25, 0.3) is 6.08 Å². The van der Waals surface area contributed by atoms with E-state index in [-0.39, 0.29) is 4.90 Å². The summed E-state index contributed by atoms with van der Waals surface area (Å²) in [6, 6.07) is 13.3. The van der Waals surface area contributed by atoms with Crippen LogP contribution in [0, 0.1) is 0 Å². The molecule has 0 N–H and O–H groups in total. The van der Waals surface area contributed by atoms with Crippen molar-refractivity contribution in [1.82, 2.24) is 0 Å². The third-order valence-corrected chi connectivity index (χ3v) is 4.30. The van der Waals surface area contributed by atoms with Crippen molar-refractivity contribution in [2.24, 2.45) is 0 Å². The zero-order chi connectivity index (χ0) is 14.6. The van der Waals surface area contributed by atoms with Gasteiger partial charge in [0.15, 0.2) is 9.84 Å². The molecule has 2 aromatic carbocycles. The second kappa shape index (κ2) is 6.11. The Hall–Kier alpha value is -1.78. The summed E-state index contributed by atoms with van der Waals surface area (Å²) in [5, 5.41) is 1.72. The van der Waals surface area contributed by atoms with Gasteiger partial charge in [-0.1, -0.05) is 29.8 Å². The summed E-state index contributed by atoms with van der Waals surface area (Å²) in [6.45, 7) is 0. The van der Waals surface area contributed by atoms with Gasteiger partial charge in [0.1, 0.15) is 5.75 Å². The summed E-state index contributed by atoms with van der Waals surface area (Å²) < 4.78 is 29.4. The molecule has 0 aliphatic carbocycles. The Morgan fingerprint density at radius 1 is 1.10 bits per heavy atom. The highest BCUT2D eigenvalue weighted by Crippen LogP contribution is 2.20. The molecule has 5 heteroatoms. The second-order valence-corrected chi connectivity index (χ2v) is 6.35. The largest absolute Gasteiger partial charge is 0.497 e. The standard InChI is InChI=1S/C15H13ClO3S/c1-19-14-6-3-7-15(11-14)20(17,18)9-8-12-4-2-5-13(16)10-12/h2-11H,1H3/b9-8+. The Bertz CT molecular complexity index is 736. The molecule has 0 saturated heterocycles. The summed E-state index contributed by atoms with van der Waals surface area (Å²) in [5.74, 6) is 0.502. The highest BCUT2D eigenvalue weighted by atomic mass is 35.5. The van der Waals surface area contributed by atoms with Crippen LogP contribution in [-0.2, 0) is 9.84 Å². The zero-order valence-electron chi connectivity index (χ0n) is 10.8. The molecule has 0 radical (unpaired) electrons. The first kappa shape index (κ1) is 14.6. The number of hydrogen-bond donors (Lipinski definition) is 0. The van der Waals surface area contributed by atoms with Crippen LogP contribution in [-0.4, -0.2) is 15.5 Å². The third-order valence-electron chi connectivity index (χ3n) is 2.66. The zero-order valence-corrected chi connectivity index (χ0v) is 12.4. The predicted octanol–water partition coefficient (Wildman–Crippen LogP) is 3.79. The molecule has 0 aromatic heterocycles. The first-order valence-electron chi connectivity index (χ1n) is 5.84. The molecule has 2 aromatic rings. The van der Waals surface area contributed by atoms with Gasteiger partial charge in [0.2, 0.25) is 0 Å². The molecule has 0 aliphatic rings. The van der Waals surface area contributed by atoms with Crippen LogP contribution >= 0.6 is 11.6 Å². The molecule has 0 bridgehead atoms. The van der Waals surface area contributed by atoms with E-state index in [1.165, 1.54) is 25.3 Å². The average molecular weight is 309 g/mol. The van der Waals surface area contributed by atoms with E-state index in [0.29, 0.717) is 10.8 Å². The van der Waals surface area contributed by atoms with Crippen LogP contribution in [0.1, 0.15) is 5.56 Å². The van der Waals surface area contributed by atoms with Crippen molar-refractivity contribution in [3.05, 3.63) is 64.5 Å². The molecule has 0 saturated carbocycles. The van der Waals surface area contributed by atoms with Crippen LogP contribution in [0.5, 0.6) is 5.75 Å². The third kappa shape index (κ3) is 3.62. The molecule has 0 atom stereocenters. The average Bonchev–Trinajstić information content (AvgIpc) is 2.45. The van der Waals surface area contributed by atoms with Crippen molar-refractivity contribution < 1.29 is 13.2 Å². The first-order chi connectivity index (χ1) is 9.51. The van der Waals surface area contributed by atoms with Crippen molar-refractivity contribution in [1.29, 1.82) is 0 Å². The van der Waals surface area contributed by atoms with Crippen molar-refractivity contribution in [2.75, 3.05) is 7.11 Å². The minimum Gasteiger partial charge on any atom is -0.497 e. The summed E-state index contributed by atoms with van der Waals surface area (Å²) >= 11 is 5.85. The van der Waals surface area contributed by atoms with Crippen molar-refractivity contribution >= 4 is 27.5 Å². The van der Waals surface area contributed by atoms with Crippen molar-refractivity contribution in [3.8, 4) is 5.75 Å². The van der Waals surface area contributed by atoms with Crippen molar-refractivity contribution in [2.45, 2.75) is 4.90 Å². The maximum Gasteiger partial charge on any atom is 0.199 e. The maximum absolute atomic E-state index is 12.2. The molecule has 0 amide bonds. The lowest BCUT2D eigenvalue weighted by Gasteiger charge is -2.03. The van der Waals surface area contributed by atoms with Gasteiger partial charge in [-0.15, -0.1) is 0 Å². The van der Waals surface area contributed by atoms with Crippen LogP contribution in [0.2, 0.25) is 5.02 Å². The molecule has 2 rings (SSSR count). The number of hydrogen-bond acceptors (Lipinski definition) is 3. The molecule has 0 unspecified atom stereocenters. The topological polar surface area (TPSA) is 43.4 Å². The van der Waals surface area contributed by atoms with Gasteiger partial charge in [-0.25, -0.2) is 8.42 Å². The van der Waals surface area contributed by atoms with E-state index < -0.39 is 9.84 Å². The SMILES string of the molecule is COc1cccc(S(=O)(=O)/C=C/c2cccc(Cl)c2)c1. The molecular formula is C15H13ClO3S. The lowest BCUT2D eigenvalue weighted by molar-refractivity contribution is 0.413. The van der Waals surface area contributed by atoms with Crippen LogP contribution in [0.3, 0.4) is 0 Å². The molecule has 3 nitrogen and oxygen atoms in total. The smallest absolute Gasteiger partial charge is 0.199 e. The number of rotatable bonds is 4. The Morgan fingerprint density at radius 2 is 1.85 bits per heavy atom. The molecule has 20 heavy (non-hydrogen) atoms. The molecule has 0 fully saturated rings. The number of sulfone groups is 1. The van der Waals surface area contributed by atoms with Gasteiger partial charge in [0.25, 0.3) is 0 Å². The quantitative estimate of drug-likeness (QED) is 0.863. The highest BCUT2D eigenvalue weighted by molar-refractivity contribution is 7.94. The van der Waals surface area contributed by atoms with E-state index in [9.17, 15) is 8.42 Å². The lowest BCUT2D eigenvalue weighted by atomic mass is 10.2. The first-order valence-corrected chi connectivity index (χ1v) is 7.76. The predicted molar refractivity (Wildman–Crippen MR) is 80.7 cm³/mol. The molecular weight excluding hydrogens is 296 g/mol. The summed E-state index contributed by atoms with van der Waals surface area (Å²) in [4.78, 5) is 0.190. The highest BCUT2D eigenvalue weighted by Gasteiger charge is 2.10. The minimum atomic E-state index is -3.51. The summed E-state index contributed by atoms with van der Waals surface area (Å²) in [5.41, 5.74) is 0.726. The fraction of sp³-hybridized carbons (Fsp3) is 0.0667. The van der Waals surface area contributed by atoms with Gasteiger partial charge in [0.05, 0.1) is 12.0 Å². The van der Waals surface area contributed by atoms with Crippen LogP contribution < -0.4 is 4.74 Å². The monoisotopic (exact) mass is 308 g/mol. The fourth-order valence-electron chi connectivity index (χ4n) is 1.64. The van der Waals surface area contributed by atoms with E-state index in [2.05, 4.69) is 0 Å². The normalized spacial score (nSPS) is 11.7. The van der Waals surface area contributed by atoms with Gasteiger partial charge in [0, 0.05) is 10.4 Å². The lowest BCUT2D eigenvalue weighted by Crippen LogP contribution is -1.96. The van der Waals surface area contributed by atoms with E-state index >= 15 is 0 Å². The summed E-state index contributed by atoms with van der Waals surface area (Å²) in [6.07, 6.45) is 1.51. The molecule has 0 aliphatic heterocycles. The Balaban J connectivity index is 2.31. The molecule has 0 heterocycles.